The molecule has 3 heterocycles. The van der Waals surface area contributed by atoms with E-state index in [0.29, 0.717) is 17.5 Å². The number of rotatable bonds is 5. The van der Waals surface area contributed by atoms with Crippen LogP contribution in [0.4, 0.5) is 0 Å². The zero-order valence-corrected chi connectivity index (χ0v) is 29.5. The van der Waals surface area contributed by atoms with Crippen LogP contribution in [0.5, 0.6) is 0 Å². The van der Waals surface area contributed by atoms with Gasteiger partial charge in [-0.1, -0.05) is 140 Å². The molecule has 0 saturated heterocycles. The molecular weight excluding hydrogens is 673 g/mol. The maximum absolute atomic E-state index is 5.03. The standard InChI is InChI=1S/C49H30N6/c1-3-14-31(15-4-1)47-52-48(32-16-5-2-6-17-32)54-49(53-47)34-19-13-18-33(28-34)35-20-9-11-24-42(35)55-43-25-12-10-22-37(43)40-29-39-36-21-7-8-23-38(36)45-46(51-27-26-50-45)41(39)30-44(40)55/h1-30H. The highest BCUT2D eigenvalue weighted by Gasteiger charge is 2.20. The molecule has 8 aromatic carbocycles. The molecule has 11 aromatic rings. The van der Waals surface area contributed by atoms with Crippen LogP contribution in [0.15, 0.2) is 182 Å². The van der Waals surface area contributed by atoms with Gasteiger partial charge in [0.25, 0.3) is 0 Å². The van der Waals surface area contributed by atoms with Crippen molar-refractivity contribution >= 4 is 54.4 Å². The second-order valence-corrected chi connectivity index (χ2v) is 13.7. The van der Waals surface area contributed by atoms with Crippen molar-refractivity contribution in [1.82, 2.24) is 29.5 Å². The summed E-state index contributed by atoms with van der Waals surface area (Å²) in [6.07, 6.45) is 3.57. The monoisotopic (exact) mass is 702 g/mol. The fourth-order valence-corrected chi connectivity index (χ4v) is 8.03. The van der Waals surface area contributed by atoms with Crippen molar-refractivity contribution in [2.75, 3.05) is 0 Å². The van der Waals surface area contributed by atoms with Gasteiger partial charge in [0, 0.05) is 56.2 Å². The number of hydrogen-bond donors (Lipinski definition) is 0. The van der Waals surface area contributed by atoms with Crippen LogP contribution >= 0.6 is 0 Å². The maximum atomic E-state index is 5.03. The second-order valence-electron chi connectivity index (χ2n) is 13.7. The number of benzene rings is 8. The molecule has 0 saturated carbocycles. The van der Waals surface area contributed by atoms with E-state index >= 15 is 0 Å². The van der Waals surface area contributed by atoms with E-state index in [1.165, 1.54) is 21.5 Å². The summed E-state index contributed by atoms with van der Waals surface area (Å²) in [4.78, 5) is 24.7. The molecule has 3 aromatic heterocycles. The highest BCUT2D eigenvalue weighted by Crippen LogP contribution is 2.41. The van der Waals surface area contributed by atoms with Crippen LogP contribution in [-0.4, -0.2) is 29.5 Å². The Labute approximate surface area is 316 Å². The third kappa shape index (κ3) is 5.07. The molecule has 0 atom stereocenters. The molecule has 0 aliphatic heterocycles. The van der Waals surface area contributed by atoms with Gasteiger partial charge in [-0.05, 0) is 46.7 Å². The average molecular weight is 703 g/mol. The molecule has 0 aliphatic carbocycles. The van der Waals surface area contributed by atoms with E-state index < -0.39 is 0 Å². The number of hydrogen-bond acceptors (Lipinski definition) is 5. The smallest absolute Gasteiger partial charge is 0.164 e. The van der Waals surface area contributed by atoms with E-state index in [2.05, 4.69) is 114 Å². The van der Waals surface area contributed by atoms with Gasteiger partial charge in [-0.2, -0.15) is 0 Å². The zero-order chi connectivity index (χ0) is 36.3. The largest absolute Gasteiger partial charge is 0.309 e. The Balaban J connectivity index is 1.13. The van der Waals surface area contributed by atoms with Gasteiger partial charge in [-0.3, -0.25) is 9.97 Å². The minimum absolute atomic E-state index is 0.621. The van der Waals surface area contributed by atoms with Crippen LogP contribution in [0.25, 0.3) is 105 Å². The Morgan fingerprint density at radius 1 is 0.327 bits per heavy atom. The lowest BCUT2D eigenvalue weighted by molar-refractivity contribution is 1.07. The third-order valence-electron chi connectivity index (χ3n) is 10.5. The molecule has 256 valence electrons. The summed E-state index contributed by atoms with van der Waals surface area (Å²) in [7, 11) is 0. The number of aromatic nitrogens is 6. The van der Waals surface area contributed by atoms with E-state index in [0.717, 1.165) is 66.3 Å². The summed E-state index contributed by atoms with van der Waals surface area (Å²) in [6.45, 7) is 0. The fraction of sp³-hybridized carbons (Fsp3) is 0. The summed E-state index contributed by atoms with van der Waals surface area (Å²) in [5.74, 6) is 1.89. The van der Waals surface area contributed by atoms with E-state index in [4.69, 9.17) is 24.9 Å². The van der Waals surface area contributed by atoms with Crippen LogP contribution in [0, 0.1) is 0 Å². The summed E-state index contributed by atoms with van der Waals surface area (Å²) >= 11 is 0. The van der Waals surface area contributed by atoms with Crippen molar-refractivity contribution < 1.29 is 0 Å². The molecule has 0 spiro atoms. The first-order valence-corrected chi connectivity index (χ1v) is 18.3. The molecule has 6 heteroatoms. The Kier molecular flexibility index (Phi) is 7.07. The molecule has 0 amide bonds. The number of nitrogens with zero attached hydrogens (tertiary/aromatic N) is 6. The van der Waals surface area contributed by atoms with E-state index in [-0.39, 0.29) is 0 Å². The van der Waals surface area contributed by atoms with E-state index in [1.807, 2.05) is 60.7 Å². The minimum Gasteiger partial charge on any atom is -0.309 e. The van der Waals surface area contributed by atoms with Gasteiger partial charge in [0.15, 0.2) is 17.5 Å². The normalized spacial score (nSPS) is 11.6. The van der Waals surface area contributed by atoms with Gasteiger partial charge in [-0.25, -0.2) is 15.0 Å². The Hall–Kier alpha value is -7.57. The Bertz CT molecular complexity index is 3200. The van der Waals surface area contributed by atoms with Gasteiger partial charge >= 0.3 is 0 Å². The third-order valence-corrected chi connectivity index (χ3v) is 10.5. The highest BCUT2D eigenvalue weighted by molar-refractivity contribution is 6.27. The van der Waals surface area contributed by atoms with Crippen molar-refractivity contribution in [2.45, 2.75) is 0 Å². The molecular formula is C49H30N6. The van der Waals surface area contributed by atoms with Crippen molar-refractivity contribution in [3.8, 4) is 51.0 Å². The molecule has 0 aliphatic rings. The molecule has 11 rings (SSSR count). The second kappa shape index (κ2) is 12.5. The quantitative estimate of drug-likeness (QED) is 0.167. The molecule has 0 radical (unpaired) electrons. The van der Waals surface area contributed by atoms with E-state index in [1.54, 1.807) is 12.4 Å². The fourth-order valence-electron chi connectivity index (χ4n) is 8.03. The molecule has 0 unspecified atom stereocenters. The predicted octanol–water partition coefficient (Wildman–Crippen LogP) is 11.9. The van der Waals surface area contributed by atoms with Crippen molar-refractivity contribution in [1.29, 1.82) is 0 Å². The highest BCUT2D eigenvalue weighted by atomic mass is 15.0. The number of fused-ring (bicyclic) bond motifs is 9. The molecule has 0 fully saturated rings. The zero-order valence-electron chi connectivity index (χ0n) is 29.5. The van der Waals surface area contributed by atoms with Gasteiger partial charge < -0.3 is 4.57 Å². The number of para-hydroxylation sites is 2. The summed E-state index contributed by atoms with van der Waals surface area (Å²) < 4.78 is 2.40. The summed E-state index contributed by atoms with van der Waals surface area (Å²) in [6, 6.07) is 59.2. The van der Waals surface area contributed by atoms with Gasteiger partial charge in [0.1, 0.15) is 0 Å². The Morgan fingerprint density at radius 2 is 0.873 bits per heavy atom. The van der Waals surface area contributed by atoms with Crippen LogP contribution in [-0.2, 0) is 0 Å². The molecule has 55 heavy (non-hydrogen) atoms. The topological polar surface area (TPSA) is 69.4 Å². The van der Waals surface area contributed by atoms with Gasteiger partial charge in [0.2, 0.25) is 0 Å². The average Bonchev–Trinajstić information content (AvgIpc) is 3.59. The lowest BCUT2D eigenvalue weighted by Gasteiger charge is -2.15. The Morgan fingerprint density at radius 3 is 1.60 bits per heavy atom. The summed E-state index contributed by atoms with van der Waals surface area (Å²) in [5.41, 5.74) is 10.1. The first kappa shape index (κ1) is 31.0. The van der Waals surface area contributed by atoms with Crippen LogP contribution in [0.1, 0.15) is 0 Å². The molecule has 6 nitrogen and oxygen atoms in total. The first-order valence-electron chi connectivity index (χ1n) is 18.3. The van der Waals surface area contributed by atoms with E-state index in [9.17, 15) is 0 Å². The maximum Gasteiger partial charge on any atom is 0.164 e. The van der Waals surface area contributed by atoms with Crippen LogP contribution in [0.3, 0.4) is 0 Å². The molecule has 0 N–H and O–H groups in total. The first-order chi connectivity index (χ1) is 27.3. The molecule has 0 bridgehead atoms. The summed E-state index contributed by atoms with van der Waals surface area (Å²) in [5, 5.41) is 6.91. The van der Waals surface area contributed by atoms with Crippen molar-refractivity contribution in [3.05, 3.63) is 182 Å². The predicted molar refractivity (Wildman–Crippen MR) is 224 cm³/mol. The van der Waals surface area contributed by atoms with Crippen molar-refractivity contribution in [3.63, 3.8) is 0 Å². The van der Waals surface area contributed by atoms with Crippen LogP contribution < -0.4 is 0 Å². The van der Waals surface area contributed by atoms with Crippen LogP contribution in [0.2, 0.25) is 0 Å². The lowest BCUT2D eigenvalue weighted by atomic mass is 9.97. The lowest BCUT2D eigenvalue weighted by Crippen LogP contribution is -2.00. The van der Waals surface area contributed by atoms with Gasteiger partial charge in [-0.15, -0.1) is 0 Å². The SMILES string of the molecule is c1ccc(-c2nc(-c3ccccc3)nc(-c3cccc(-c4ccccc4-n4c5ccccc5c5cc6c7ccccc7c7nccnc7c6cc54)c3)n2)cc1. The van der Waals surface area contributed by atoms with Crippen molar-refractivity contribution in [2.24, 2.45) is 0 Å². The minimum atomic E-state index is 0.621. The van der Waals surface area contributed by atoms with Gasteiger partial charge in [0.05, 0.1) is 27.8 Å².